The fourth-order valence-electron chi connectivity index (χ4n) is 2.21. The van der Waals surface area contributed by atoms with Crippen molar-refractivity contribution in [3.8, 4) is 0 Å². The van der Waals surface area contributed by atoms with Crippen LogP contribution in [0.15, 0.2) is 17.0 Å². The van der Waals surface area contributed by atoms with E-state index in [0.717, 1.165) is 0 Å². The lowest BCUT2D eigenvalue weighted by Gasteiger charge is -2.40. The van der Waals surface area contributed by atoms with E-state index >= 15 is 0 Å². The van der Waals surface area contributed by atoms with Crippen molar-refractivity contribution in [1.82, 2.24) is 14.4 Å². The van der Waals surface area contributed by atoms with Gasteiger partial charge in [-0.05, 0) is 35.6 Å². The average Bonchev–Trinajstić information content (AvgIpc) is 2.62. The van der Waals surface area contributed by atoms with E-state index in [4.69, 9.17) is 15.7 Å². The Labute approximate surface area is 116 Å². The number of aromatic nitrogens is 3. The second-order valence-corrected chi connectivity index (χ2v) is 5.44. The second kappa shape index (κ2) is 3.67. The smallest absolute Gasteiger partial charge is 0.155 e. The van der Waals surface area contributed by atoms with Crippen LogP contribution in [0, 0.1) is 0 Å². The maximum atomic E-state index is 10.1. The van der Waals surface area contributed by atoms with Gasteiger partial charge in [0.2, 0.25) is 0 Å². The molecular formula is C11H11BrClN3O. The number of rotatable bonds is 1. The highest BCUT2D eigenvalue weighted by Gasteiger charge is 2.41. The maximum absolute atomic E-state index is 10.1. The van der Waals surface area contributed by atoms with Crippen LogP contribution >= 0.6 is 27.5 Å². The molecule has 1 saturated carbocycles. The van der Waals surface area contributed by atoms with Gasteiger partial charge in [0.1, 0.15) is 15.9 Å². The molecule has 17 heavy (non-hydrogen) atoms. The standard InChI is InChI=1S/C11H11BrClN3O/c1-11(17)4-6(5-11)10-15-8(12)7-9(13)14-2-3-16(7)10/h2-3,6,17H,4-5H2,1H3/i1D3. The lowest BCUT2D eigenvalue weighted by atomic mass is 9.72. The summed E-state index contributed by atoms with van der Waals surface area (Å²) < 4.78 is 24.4. The molecule has 0 atom stereocenters. The molecule has 2 aromatic rings. The third kappa shape index (κ3) is 1.77. The summed E-state index contributed by atoms with van der Waals surface area (Å²) in [5, 5.41) is 10.4. The summed E-state index contributed by atoms with van der Waals surface area (Å²) >= 11 is 9.36. The number of hydrogen-bond acceptors (Lipinski definition) is 3. The third-order valence-electron chi connectivity index (χ3n) is 3.03. The van der Waals surface area contributed by atoms with Crippen LogP contribution in [0.25, 0.3) is 5.52 Å². The number of nitrogens with zero attached hydrogens (tertiary/aromatic N) is 3. The van der Waals surface area contributed by atoms with Crippen molar-refractivity contribution in [3.05, 3.63) is 28.0 Å². The van der Waals surface area contributed by atoms with E-state index in [1.54, 1.807) is 16.8 Å². The summed E-state index contributed by atoms with van der Waals surface area (Å²) in [5.74, 6) is 0.572. The molecular weight excluding hydrogens is 305 g/mol. The maximum Gasteiger partial charge on any atom is 0.155 e. The first-order chi connectivity index (χ1) is 9.23. The molecule has 0 spiro atoms. The summed E-state index contributed by atoms with van der Waals surface area (Å²) in [6.45, 7) is -2.37. The van der Waals surface area contributed by atoms with E-state index in [1.807, 2.05) is 0 Å². The van der Waals surface area contributed by atoms with Gasteiger partial charge in [-0.3, -0.25) is 4.40 Å². The summed E-state index contributed by atoms with van der Waals surface area (Å²) in [7, 11) is 0. The lowest BCUT2D eigenvalue weighted by Crippen LogP contribution is -2.40. The van der Waals surface area contributed by atoms with Crippen molar-refractivity contribution in [2.24, 2.45) is 0 Å². The highest BCUT2D eigenvalue weighted by molar-refractivity contribution is 9.10. The molecule has 1 fully saturated rings. The Balaban J connectivity index is 1.97. The minimum atomic E-state index is -2.37. The van der Waals surface area contributed by atoms with Crippen molar-refractivity contribution in [2.75, 3.05) is 0 Å². The summed E-state index contributed by atoms with van der Waals surface area (Å²) in [6, 6.07) is 0. The number of imidazole rings is 1. The molecule has 0 bridgehead atoms. The molecule has 1 aliphatic carbocycles. The summed E-state index contributed by atoms with van der Waals surface area (Å²) in [5.41, 5.74) is -0.972. The van der Waals surface area contributed by atoms with Gasteiger partial charge in [-0.1, -0.05) is 11.6 Å². The first kappa shape index (κ1) is 8.45. The van der Waals surface area contributed by atoms with Crippen molar-refractivity contribution in [2.45, 2.75) is 31.2 Å². The van der Waals surface area contributed by atoms with Crippen molar-refractivity contribution >= 4 is 33.0 Å². The zero-order valence-electron chi connectivity index (χ0n) is 11.7. The van der Waals surface area contributed by atoms with Crippen molar-refractivity contribution < 1.29 is 9.22 Å². The Morgan fingerprint density at radius 3 is 3.18 bits per heavy atom. The molecule has 4 nitrogen and oxygen atoms in total. The number of halogens is 2. The molecule has 1 N–H and O–H groups in total. The van der Waals surface area contributed by atoms with Crippen LogP contribution in [-0.2, 0) is 0 Å². The van der Waals surface area contributed by atoms with Gasteiger partial charge in [0, 0.05) is 22.4 Å². The number of aliphatic hydroxyl groups is 1. The van der Waals surface area contributed by atoms with Crippen LogP contribution in [0.1, 0.15) is 35.5 Å². The van der Waals surface area contributed by atoms with E-state index in [1.165, 1.54) is 0 Å². The van der Waals surface area contributed by atoms with Crippen molar-refractivity contribution in [1.29, 1.82) is 0 Å². The monoisotopic (exact) mass is 318 g/mol. The molecule has 0 aromatic carbocycles. The third-order valence-corrected chi connectivity index (χ3v) is 3.86. The lowest BCUT2D eigenvalue weighted by molar-refractivity contribution is -0.0335. The van der Waals surface area contributed by atoms with Gasteiger partial charge in [0.15, 0.2) is 5.15 Å². The Morgan fingerprint density at radius 2 is 2.47 bits per heavy atom. The minimum Gasteiger partial charge on any atom is -0.390 e. The quantitative estimate of drug-likeness (QED) is 0.879. The van der Waals surface area contributed by atoms with Crippen LogP contribution in [0.4, 0.5) is 0 Å². The zero-order chi connectivity index (χ0) is 14.7. The summed E-state index contributed by atoms with van der Waals surface area (Å²) in [4.78, 5) is 8.37. The molecule has 0 saturated heterocycles. The Morgan fingerprint density at radius 1 is 1.71 bits per heavy atom. The van der Waals surface area contributed by atoms with E-state index in [-0.39, 0.29) is 18.8 Å². The Hall–Kier alpha value is -0.650. The van der Waals surface area contributed by atoms with Gasteiger partial charge in [-0.15, -0.1) is 0 Å². The SMILES string of the molecule is [2H]C([2H])([2H])C1(O)CC(c2nc(Br)c3c(Cl)nccn23)C1. The van der Waals surface area contributed by atoms with E-state index < -0.39 is 12.5 Å². The van der Waals surface area contributed by atoms with Gasteiger partial charge in [0.05, 0.1) is 5.60 Å². The molecule has 0 amide bonds. The van der Waals surface area contributed by atoms with Gasteiger partial charge in [-0.25, -0.2) is 9.97 Å². The highest BCUT2D eigenvalue weighted by Crippen LogP contribution is 2.44. The first-order valence-corrected chi connectivity index (χ1v) is 6.30. The molecule has 0 radical (unpaired) electrons. The van der Waals surface area contributed by atoms with Crippen LogP contribution in [0.2, 0.25) is 5.15 Å². The fraction of sp³-hybridized carbons (Fsp3) is 0.455. The van der Waals surface area contributed by atoms with Gasteiger partial charge < -0.3 is 5.11 Å². The fourth-order valence-corrected chi connectivity index (χ4v) is 3.12. The van der Waals surface area contributed by atoms with Gasteiger partial charge >= 0.3 is 0 Å². The van der Waals surface area contributed by atoms with Gasteiger partial charge in [-0.2, -0.15) is 0 Å². The average molecular weight is 320 g/mol. The normalized spacial score (nSPS) is 31.7. The van der Waals surface area contributed by atoms with Crippen molar-refractivity contribution in [3.63, 3.8) is 0 Å². The van der Waals surface area contributed by atoms with E-state index in [0.29, 0.717) is 21.1 Å². The van der Waals surface area contributed by atoms with Crippen LogP contribution < -0.4 is 0 Å². The number of fused-ring (bicyclic) bond motifs is 1. The molecule has 3 rings (SSSR count). The highest BCUT2D eigenvalue weighted by atomic mass is 79.9. The minimum absolute atomic E-state index is 0.113. The molecule has 0 aliphatic heterocycles. The molecule has 1 aliphatic rings. The summed E-state index contributed by atoms with van der Waals surface area (Å²) in [6.07, 6.45) is 3.60. The Kier molecular flexibility index (Phi) is 1.82. The largest absolute Gasteiger partial charge is 0.390 e. The predicted molar refractivity (Wildman–Crippen MR) is 68.3 cm³/mol. The number of hydrogen-bond donors (Lipinski definition) is 1. The van der Waals surface area contributed by atoms with Gasteiger partial charge in [0.25, 0.3) is 0 Å². The van der Waals surface area contributed by atoms with Crippen LogP contribution in [0.5, 0.6) is 0 Å². The molecule has 90 valence electrons. The van der Waals surface area contributed by atoms with E-state index in [2.05, 4.69) is 25.9 Å². The van der Waals surface area contributed by atoms with E-state index in [9.17, 15) is 5.11 Å². The molecule has 2 aromatic heterocycles. The zero-order valence-corrected chi connectivity index (χ0v) is 11.0. The molecule has 2 heterocycles. The molecule has 0 unspecified atom stereocenters. The Bertz CT molecular complexity index is 681. The van der Waals surface area contributed by atoms with Crippen LogP contribution in [-0.4, -0.2) is 25.1 Å². The molecule has 6 heteroatoms. The predicted octanol–water partition coefficient (Wildman–Crippen LogP) is 2.77. The second-order valence-electron chi connectivity index (χ2n) is 4.33. The first-order valence-electron chi connectivity index (χ1n) is 6.63. The topological polar surface area (TPSA) is 50.4 Å². The van der Waals surface area contributed by atoms with Crippen LogP contribution in [0.3, 0.4) is 0 Å².